The van der Waals surface area contributed by atoms with Crippen LogP contribution in [0.2, 0.25) is 0 Å². The maximum atomic E-state index is 13.9. The second kappa shape index (κ2) is 5.09. The third-order valence-corrected chi connectivity index (χ3v) is 2.47. The van der Waals surface area contributed by atoms with Crippen LogP contribution in [0, 0.1) is 0 Å². The van der Waals surface area contributed by atoms with Gasteiger partial charge in [-0.1, -0.05) is 0 Å². The summed E-state index contributed by atoms with van der Waals surface area (Å²) in [5.74, 6) is -0.557. The molecular formula is C9H19ClFN3O. The number of hydrogen-bond donors (Lipinski definition) is 3. The first kappa shape index (κ1) is 14.6. The van der Waals surface area contributed by atoms with Gasteiger partial charge in [0.15, 0.2) is 0 Å². The lowest BCUT2D eigenvalue weighted by Gasteiger charge is -2.28. The summed E-state index contributed by atoms with van der Waals surface area (Å²) in [6.07, 6.45) is 0.236. The number of hydrogen-bond acceptors (Lipinski definition) is 3. The molecule has 6 heteroatoms. The molecule has 0 bridgehead atoms. The van der Waals surface area contributed by atoms with Gasteiger partial charge in [-0.3, -0.25) is 4.79 Å². The van der Waals surface area contributed by atoms with E-state index in [0.29, 0.717) is 13.1 Å². The molecule has 0 aliphatic carbocycles. The summed E-state index contributed by atoms with van der Waals surface area (Å²) in [7, 11) is 0. The minimum Gasteiger partial charge on any atom is -0.347 e. The third-order valence-electron chi connectivity index (χ3n) is 2.47. The van der Waals surface area contributed by atoms with Crippen LogP contribution in [0.3, 0.4) is 0 Å². The van der Waals surface area contributed by atoms with Gasteiger partial charge in [0.05, 0.1) is 0 Å². The quantitative estimate of drug-likeness (QED) is 0.648. The van der Waals surface area contributed by atoms with Gasteiger partial charge in [-0.2, -0.15) is 0 Å². The molecule has 4 N–H and O–H groups in total. The number of carbonyl (C=O) groups excluding carboxylic acids is 1. The summed E-state index contributed by atoms with van der Waals surface area (Å²) in [6.45, 7) is 4.49. The standard InChI is InChI=1S/C9H18FN3O.ClH/c1-8(2,5-11)13-7(14)9(10)3-4-12-6-9;/h12H,3-6,11H2,1-2H3,(H,13,14);1H. The van der Waals surface area contributed by atoms with E-state index in [0.717, 1.165) is 0 Å². The maximum Gasteiger partial charge on any atom is 0.259 e. The van der Waals surface area contributed by atoms with Crippen LogP contribution in [0.25, 0.3) is 0 Å². The van der Waals surface area contributed by atoms with Crippen molar-refractivity contribution in [2.45, 2.75) is 31.5 Å². The van der Waals surface area contributed by atoms with Gasteiger partial charge in [0.1, 0.15) is 0 Å². The van der Waals surface area contributed by atoms with E-state index in [1.165, 1.54) is 0 Å². The maximum absolute atomic E-state index is 13.9. The summed E-state index contributed by atoms with van der Waals surface area (Å²) in [4.78, 5) is 11.6. The van der Waals surface area contributed by atoms with E-state index in [-0.39, 0.29) is 25.4 Å². The van der Waals surface area contributed by atoms with Crippen molar-refractivity contribution in [2.75, 3.05) is 19.6 Å². The molecule has 4 nitrogen and oxygen atoms in total. The molecule has 0 aromatic carbocycles. The van der Waals surface area contributed by atoms with Crippen LogP contribution in [0.1, 0.15) is 20.3 Å². The molecule has 1 amide bonds. The zero-order valence-electron chi connectivity index (χ0n) is 9.10. The molecule has 1 rings (SSSR count). The second-order valence-electron chi connectivity index (χ2n) is 4.43. The van der Waals surface area contributed by atoms with Crippen LogP contribution < -0.4 is 16.4 Å². The first-order valence-corrected chi connectivity index (χ1v) is 4.82. The number of rotatable bonds is 3. The van der Waals surface area contributed by atoms with Crippen molar-refractivity contribution in [1.82, 2.24) is 10.6 Å². The Morgan fingerprint density at radius 2 is 2.27 bits per heavy atom. The lowest BCUT2D eigenvalue weighted by molar-refractivity contribution is -0.133. The van der Waals surface area contributed by atoms with E-state index in [1.54, 1.807) is 13.8 Å². The van der Waals surface area contributed by atoms with Crippen LogP contribution in [0.15, 0.2) is 0 Å². The van der Waals surface area contributed by atoms with Crippen molar-refractivity contribution in [2.24, 2.45) is 5.73 Å². The zero-order chi connectivity index (χ0) is 10.8. The molecule has 0 radical (unpaired) electrons. The van der Waals surface area contributed by atoms with Crippen molar-refractivity contribution in [3.63, 3.8) is 0 Å². The van der Waals surface area contributed by atoms with Crippen molar-refractivity contribution >= 4 is 18.3 Å². The molecule has 1 unspecified atom stereocenters. The smallest absolute Gasteiger partial charge is 0.259 e. The van der Waals surface area contributed by atoms with Crippen LogP contribution in [-0.4, -0.2) is 36.7 Å². The minimum absolute atomic E-state index is 0. The molecule has 1 fully saturated rings. The Kier molecular flexibility index (Phi) is 4.96. The lowest BCUT2D eigenvalue weighted by Crippen LogP contribution is -2.55. The summed E-state index contributed by atoms with van der Waals surface area (Å²) in [5, 5.41) is 5.44. The highest BCUT2D eigenvalue weighted by Gasteiger charge is 2.42. The number of halogens is 2. The topological polar surface area (TPSA) is 67.1 Å². The Balaban J connectivity index is 0.00000196. The molecule has 0 aromatic heterocycles. The molecule has 0 spiro atoms. The third kappa shape index (κ3) is 3.59. The fourth-order valence-electron chi connectivity index (χ4n) is 1.33. The van der Waals surface area contributed by atoms with Crippen LogP contribution >= 0.6 is 12.4 Å². The summed E-state index contributed by atoms with van der Waals surface area (Å²) < 4.78 is 13.9. The van der Waals surface area contributed by atoms with Gasteiger partial charge in [0, 0.05) is 25.0 Å². The fourth-order valence-corrected chi connectivity index (χ4v) is 1.33. The van der Waals surface area contributed by atoms with Gasteiger partial charge in [-0.05, 0) is 20.4 Å². The van der Waals surface area contributed by atoms with Gasteiger partial charge >= 0.3 is 0 Å². The van der Waals surface area contributed by atoms with Crippen molar-refractivity contribution in [1.29, 1.82) is 0 Å². The summed E-state index contributed by atoms with van der Waals surface area (Å²) in [6, 6.07) is 0. The fraction of sp³-hybridized carbons (Fsp3) is 0.889. The largest absolute Gasteiger partial charge is 0.347 e. The van der Waals surface area contributed by atoms with Crippen LogP contribution in [0.5, 0.6) is 0 Å². The molecule has 90 valence electrons. The molecular weight excluding hydrogens is 221 g/mol. The Hall–Kier alpha value is -0.390. The average molecular weight is 240 g/mol. The Labute approximate surface area is 95.6 Å². The normalized spacial score (nSPS) is 25.9. The Morgan fingerprint density at radius 1 is 1.67 bits per heavy atom. The number of nitrogens with two attached hydrogens (primary N) is 1. The Bertz CT molecular complexity index is 229. The van der Waals surface area contributed by atoms with Gasteiger partial charge in [0.2, 0.25) is 5.67 Å². The van der Waals surface area contributed by atoms with Gasteiger partial charge < -0.3 is 16.4 Å². The summed E-state index contributed by atoms with van der Waals surface area (Å²) >= 11 is 0. The zero-order valence-corrected chi connectivity index (χ0v) is 9.92. The van der Waals surface area contributed by atoms with E-state index >= 15 is 0 Å². The molecule has 1 heterocycles. The predicted octanol–water partition coefficient (Wildman–Crippen LogP) is -0.0367. The van der Waals surface area contributed by atoms with Gasteiger partial charge in [-0.15, -0.1) is 12.4 Å². The SMILES string of the molecule is CC(C)(CN)NC(=O)C1(F)CCNC1.Cl. The lowest BCUT2D eigenvalue weighted by atomic mass is 10.0. The highest BCUT2D eigenvalue weighted by atomic mass is 35.5. The molecule has 0 saturated carbocycles. The van der Waals surface area contributed by atoms with E-state index in [2.05, 4.69) is 10.6 Å². The summed E-state index contributed by atoms with van der Waals surface area (Å²) in [5.41, 5.74) is 3.14. The molecule has 1 saturated heterocycles. The van der Waals surface area contributed by atoms with Crippen LogP contribution in [0.4, 0.5) is 4.39 Å². The average Bonchev–Trinajstić information content (AvgIpc) is 2.53. The molecule has 15 heavy (non-hydrogen) atoms. The monoisotopic (exact) mass is 239 g/mol. The Morgan fingerprint density at radius 3 is 2.67 bits per heavy atom. The van der Waals surface area contributed by atoms with E-state index in [9.17, 15) is 9.18 Å². The molecule has 1 aliphatic heterocycles. The van der Waals surface area contributed by atoms with E-state index < -0.39 is 17.1 Å². The number of alkyl halides is 1. The van der Waals surface area contributed by atoms with Crippen molar-refractivity contribution in [3.05, 3.63) is 0 Å². The first-order valence-electron chi connectivity index (χ1n) is 4.82. The molecule has 1 aliphatic rings. The van der Waals surface area contributed by atoms with Gasteiger partial charge in [-0.25, -0.2) is 4.39 Å². The van der Waals surface area contributed by atoms with Crippen LogP contribution in [-0.2, 0) is 4.79 Å². The van der Waals surface area contributed by atoms with E-state index in [1.807, 2.05) is 0 Å². The van der Waals surface area contributed by atoms with Crippen molar-refractivity contribution in [3.8, 4) is 0 Å². The highest BCUT2D eigenvalue weighted by Crippen LogP contribution is 2.20. The highest BCUT2D eigenvalue weighted by molar-refractivity contribution is 5.86. The number of amides is 1. The van der Waals surface area contributed by atoms with E-state index in [4.69, 9.17) is 5.73 Å². The second-order valence-corrected chi connectivity index (χ2v) is 4.43. The molecule has 1 atom stereocenters. The van der Waals surface area contributed by atoms with Crippen molar-refractivity contribution < 1.29 is 9.18 Å². The predicted molar refractivity (Wildman–Crippen MR) is 59.8 cm³/mol. The number of carbonyl (C=O) groups is 1. The van der Waals surface area contributed by atoms with Gasteiger partial charge in [0.25, 0.3) is 5.91 Å². The molecule has 0 aromatic rings. The number of nitrogens with one attached hydrogen (secondary N) is 2. The first-order chi connectivity index (χ1) is 6.40. The minimum atomic E-state index is -1.76.